The minimum atomic E-state index is -1.34. The van der Waals surface area contributed by atoms with E-state index in [1.165, 1.54) is 6.08 Å². The number of benzene rings is 2. The molecule has 0 aliphatic carbocycles. The number of hydrogen-bond acceptors (Lipinski definition) is 7. The number of methoxy groups -OCH3 is 1. The summed E-state index contributed by atoms with van der Waals surface area (Å²) < 4.78 is 10.6. The average Bonchev–Trinajstić information content (AvgIpc) is 3.11. The van der Waals surface area contributed by atoms with Gasteiger partial charge >= 0.3 is 0 Å². The van der Waals surface area contributed by atoms with Crippen LogP contribution >= 0.6 is 23.4 Å². The zero-order chi connectivity index (χ0) is 18.5. The van der Waals surface area contributed by atoms with Gasteiger partial charge in [-0.3, -0.25) is 0 Å². The number of halogens is 1. The first-order chi connectivity index (χ1) is 12.5. The van der Waals surface area contributed by atoms with E-state index < -0.39 is 5.97 Å². The number of aromatic nitrogens is 2. The Morgan fingerprint density at radius 2 is 1.85 bits per heavy atom. The second-order valence-corrected chi connectivity index (χ2v) is 6.48. The molecule has 0 N–H and O–H groups in total. The highest BCUT2D eigenvalue weighted by Gasteiger charge is 2.12. The molecule has 0 aliphatic rings. The van der Waals surface area contributed by atoms with Crippen molar-refractivity contribution >= 4 is 35.4 Å². The van der Waals surface area contributed by atoms with E-state index in [9.17, 15) is 9.90 Å². The van der Waals surface area contributed by atoms with Crippen molar-refractivity contribution in [2.24, 2.45) is 0 Å². The largest absolute Gasteiger partial charge is 0.544 e. The second kappa shape index (κ2) is 8.07. The Hall–Kier alpha value is -2.77. The van der Waals surface area contributed by atoms with Gasteiger partial charge < -0.3 is 19.1 Å². The van der Waals surface area contributed by atoms with E-state index >= 15 is 0 Å². The molecule has 0 radical (unpaired) electrons. The van der Waals surface area contributed by atoms with Crippen LogP contribution in [0.15, 0.2) is 63.1 Å². The topological polar surface area (TPSA) is 88.3 Å². The average molecular weight is 388 g/mol. The number of carbonyl (C=O) groups excluding carboxylic acids is 1. The molecular weight excluding hydrogens is 376 g/mol. The smallest absolute Gasteiger partial charge is 0.281 e. The fourth-order valence-corrected chi connectivity index (χ4v) is 2.83. The van der Waals surface area contributed by atoms with E-state index in [1.54, 1.807) is 55.6 Å². The number of thioether (sulfide) groups is 1. The molecule has 0 bridgehead atoms. The number of hydrogen-bond donors (Lipinski definition) is 0. The lowest BCUT2D eigenvalue weighted by Crippen LogP contribution is -2.23. The predicted molar refractivity (Wildman–Crippen MR) is 96.6 cm³/mol. The van der Waals surface area contributed by atoms with Gasteiger partial charge in [0.25, 0.3) is 5.22 Å². The number of nitrogens with zero attached hydrogens (tertiary/aromatic N) is 2. The third kappa shape index (κ3) is 4.44. The van der Waals surface area contributed by atoms with E-state index in [-0.39, 0.29) is 16.0 Å². The van der Waals surface area contributed by atoms with E-state index in [0.29, 0.717) is 21.9 Å². The van der Waals surface area contributed by atoms with Gasteiger partial charge in [0.1, 0.15) is 5.75 Å². The molecule has 0 saturated carbocycles. The molecule has 3 rings (SSSR count). The summed E-state index contributed by atoms with van der Waals surface area (Å²) in [5.41, 5.74) is 1.36. The maximum atomic E-state index is 11.4. The summed E-state index contributed by atoms with van der Waals surface area (Å²) in [7, 11) is 1.56. The van der Waals surface area contributed by atoms with E-state index in [0.717, 1.165) is 11.8 Å². The Morgan fingerprint density at radius 3 is 2.46 bits per heavy atom. The monoisotopic (exact) mass is 387 g/mol. The Bertz CT molecular complexity index is 937. The molecule has 0 unspecified atom stereocenters. The van der Waals surface area contributed by atoms with Crippen LogP contribution in [0.25, 0.3) is 17.5 Å². The molecule has 0 spiro atoms. The van der Waals surface area contributed by atoms with Gasteiger partial charge in [0.2, 0.25) is 5.89 Å². The van der Waals surface area contributed by atoms with Gasteiger partial charge in [-0.2, -0.15) is 0 Å². The fraction of sp³-hybridized carbons (Fsp3) is 0.0556. The number of carbonyl (C=O) groups is 1. The van der Waals surface area contributed by atoms with Crippen LogP contribution in [0.4, 0.5) is 0 Å². The Labute approximate surface area is 158 Å². The van der Waals surface area contributed by atoms with Gasteiger partial charge in [0, 0.05) is 15.5 Å². The molecule has 0 amide bonds. The van der Waals surface area contributed by atoms with Crippen LogP contribution in [0.2, 0.25) is 5.02 Å². The van der Waals surface area contributed by atoms with Crippen LogP contribution in [0.3, 0.4) is 0 Å². The first kappa shape index (κ1) is 18.0. The molecule has 2 aromatic carbocycles. The molecule has 3 aromatic rings. The maximum Gasteiger partial charge on any atom is 0.281 e. The standard InChI is InChI=1S/C18H13ClN2O4S/c1-24-14-8-2-11(3-9-14)10-15(17(22)23)26-18-21-20-16(25-18)12-4-6-13(19)7-5-12/h2-10H,1H3,(H,22,23)/p-1/b15-10-. The van der Waals surface area contributed by atoms with E-state index in [1.807, 2.05) is 0 Å². The zero-order valence-corrected chi connectivity index (χ0v) is 15.1. The van der Waals surface area contributed by atoms with Crippen LogP contribution in [-0.2, 0) is 4.79 Å². The van der Waals surface area contributed by atoms with Gasteiger partial charge in [0.05, 0.1) is 13.1 Å². The second-order valence-electron chi connectivity index (χ2n) is 5.05. The highest BCUT2D eigenvalue weighted by molar-refractivity contribution is 8.03. The Balaban J connectivity index is 1.81. The lowest BCUT2D eigenvalue weighted by atomic mass is 10.2. The Kier molecular flexibility index (Phi) is 5.60. The summed E-state index contributed by atoms with van der Waals surface area (Å²) in [6, 6.07) is 13.8. The molecule has 0 aliphatic heterocycles. The normalized spacial score (nSPS) is 11.4. The third-order valence-corrected chi connectivity index (χ3v) is 4.41. The van der Waals surface area contributed by atoms with Crippen LogP contribution in [0.1, 0.15) is 5.56 Å². The van der Waals surface area contributed by atoms with Crippen LogP contribution < -0.4 is 9.84 Å². The number of aliphatic carboxylic acids is 1. The minimum absolute atomic E-state index is 0.0542. The molecular formula is C18H12ClN2O4S-. The molecule has 0 fully saturated rings. The number of ether oxygens (including phenoxy) is 1. The van der Waals surface area contributed by atoms with Gasteiger partial charge in [-0.15, -0.1) is 10.2 Å². The summed E-state index contributed by atoms with van der Waals surface area (Å²) >= 11 is 6.67. The minimum Gasteiger partial charge on any atom is -0.544 e. The third-order valence-electron chi connectivity index (χ3n) is 3.31. The van der Waals surface area contributed by atoms with E-state index in [2.05, 4.69) is 10.2 Å². The molecule has 8 heteroatoms. The van der Waals surface area contributed by atoms with Crippen molar-refractivity contribution in [1.82, 2.24) is 10.2 Å². The van der Waals surface area contributed by atoms with Crippen LogP contribution in [0.5, 0.6) is 5.75 Å². The molecule has 1 heterocycles. The van der Waals surface area contributed by atoms with Crippen molar-refractivity contribution in [2.75, 3.05) is 7.11 Å². The summed E-state index contributed by atoms with van der Waals surface area (Å²) in [6.07, 6.45) is 1.46. The maximum absolute atomic E-state index is 11.4. The Morgan fingerprint density at radius 1 is 1.15 bits per heavy atom. The van der Waals surface area contributed by atoms with Gasteiger partial charge in [-0.1, -0.05) is 23.7 Å². The van der Waals surface area contributed by atoms with Crippen molar-refractivity contribution in [3.63, 3.8) is 0 Å². The van der Waals surface area contributed by atoms with Crippen LogP contribution in [-0.4, -0.2) is 23.3 Å². The highest BCUT2D eigenvalue weighted by Crippen LogP contribution is 2.30. The molecule has 0 atom stereocenters. The molecule has 6 nitrogen and oxygen atoms in total. The molecule has 26 heavy (non-hydrogen) atoms. The van der Waals surface area contributed by atoms with Crippen molar-refractivity contribution in [3.8, 4) is 17.2 Å². The SMILES string of the molecule is COc1ccc(/C=C(\Sc2nnc(-c3ccc(Cl)cc3)o2)C(=O)[O-])cc1. The van der Waals surface area contributed by atoms with Crippen LogP contribution in [0, 0.1) is 0 Å². The highest BCUT2D eigenvalue weighted by atomic mass is 35.5. The summed E-state index contributed by atoms with van der Waals surface area (Å²) in [5, 5.41) is 19.9. The van der Waals surface area contributed by atoms with Crippen molar-refractivity contribution in [2.45, 2.75) is 5.22 Å². The summed E-state index contributed by atoms with van der Waals surface area (Å²) in [6.45, 7) is 0. The summed E-state index contributed by atoms with van der Waals surface area (Å²) in [5.74, 6) is -0.391. The zero-order valence-electron chi connectivity index (χ0n) is 13.5. The van der Waals surface area contributed by atoms with E-state index in [4.69, 9.17) is 20.8 Å². The quantitative estimate of drug-likeness (QED) is 0.473. The lowest BCUT2D eigenvalue weighted by Gasteiger charge is -2.06. The molecule has 132 valence electrons. The fourth-order valence-electron chi connectivity index (χ4n) is 2.04. The molecule has 1 aromatic heterocycles. The van der Waals surface area contributed by atoms with Gasteiger partial charge in [-0.25, -0.2) is 0 Å². The van der Waals surface area contributed by atoms with Gasteiger partial charge in [0.15, 0.2) is 0 Å². The number of carboxylic acids is 1. The number of rotatable bonds is 6. The summed E-state index contributed by atoms with van der Waals surface area (Å²) in [4.78, 5) is 11.4. The first-order valence-corrected chi connectivity index (χ1v) is 8.59. The predicted octanol–water partition coefficient (Wildman–Crippen LogP) is 3.28. The molecule has 0 saturated heterocycles. The first-order valence-electron chi connectivity index (χ1n) is 7.39. The van der Waals surface area contributed by atoms with Crippen molar-refractivity contribution in [1.29, 1.82) is 0 Å². The van der Waals surface area contributed by atoms with Crippen molar-refractivity contribution < 1.29 is 19.1 Å². The lowest BCUT2D eigenvalue weighted by molar-refractivity contribution is -0.298. The van der Waals surface area contributed by atoms with Crippen molar-refractivity contribution in [3.05, 3.63) is 64.0 Å². The number of carboxylic acid groups (broad SMARTS) is 1. The van der Waals surface area contributed by atoms with Gasteiger partial charge in [-0.05, 0) is 59.8 Å².